The molecule has 0 saturated heterocycles. The van der Waals surface area contributed by atoms with Crippen LogP contribution in [-0.4, -0.2) is 39.2 Å². The van der Waals surface area contributed by atoms with E-state index in [2.05, 4.69) is 285 Å². The molecule has 0 spiro atoms. The average Bonchev–Trinajstić information content (AvgIpc) is 1.73. The third-order valence-electron chi connectivity index (χ3n) is 19.5. The summed E-state index contributed by atoms with van der Waals surface area (Å²) in [5.74, 6) is 0. The number of aryl methyl sites for hydroxylation is 10. The van der Waals surface area contributed by atoms with Crippen molar-refractivity contribution in [3.63, 3.8) is 0 Å². The Morgan fingerprint density at radius 3 is 1.09 bits per heavy atom. The van der Waals surface area contributed by atoms with E-state index in [1.54, 1.807) is 12.4 Å². The van der Waals surface area contributed by atoms with E-state index in [1.807, 2.05) is 19.1 Å². The van der Waals surface area contributed by atoms with Gasteiger partial charge in [0.15, 0.2) is 16.7 Å². The lowest BCUT2D eigenvalue weighted by molar-refractivity contribution is -0.633. The first-order valence-corrected chi connectivity index (χ1v) is 43.2. The zero-order chi connectivity index (χ0) is 66.2. The summed E-state index contributed by atoms with van der Waals surface area (Å²) in [7, 11) is 1.75. The molecular weight excluding hydrogens is 1190 g/mol. The number of hydrogen-bond acceptors (Lipinski definition) is 6. The second-order valence-electron chi connectivity index (χ2n) is 29.4. The first-order valence-electron chi connectivity index (χ1n) is 32.7. The Kier molecular flexibility index (Phi) is 15.5. The molecule has 0 amide bonds. The summed E-state index contributed by atoms with van der Waals surface area (Å²) in [6.07, 6.45) is 3.59. The van der Waals surface area contributed by atoms with Crippen molar-refractivity contribution in [2.24, 2.45) is 21.1 Å². The molecule has 0 aliphatic heterocycles. The van der Waals surface area contributed by atoms with Crippen LogP contribution < -0.4 is 29.3 Å². The fourth-order valence-electron chi connectivity index (χ4n) is 14.2. The smallest absolute Gasteiger partial charge is 0.227 e. The van der Waals surface area contributed by atoms with Gasteiger partial charge in [-0.3, -0.25) is 0 Å². The Morgan fingerprint density at radius 1 is 0.323 bits per heavy atom. The number of hydrogen-bond donors (Lipinski definition) is 0. The minimum atomic E-state index is -1.60. The predicted molar refractivity (Wildman–Crippen MR) is 398 cm³/mol. The van der Waals surface area contributed by atoms with Crippen molar-refractivity contribution >= 4 is 139 Å². The third kappa shape index (κ3) is 10.9. The Bertz CT molecular complexity index is 5620. The van der Waals surface area contributed by atoms with E-state index in [9.17, 15) is 0 Å². The summed E-state index contributed by atoms with van der Waals surface area (Å²) in [6.45, 7) is 41.4. The molecule has 0 bridgehead atoms. The molecule has 6 aromatic carbocycles. The number of pyridine rings is 6. The first kappa shape index (κ1) is 62.8. The largest absolute Gasteiger partial charge is 0.437 e. The molecule has 9 aromatic heterocycles. The van der Waals surface area contributed by atoms with Crippen LogP contribution in [0.3, 0.4) is 0 Å². The van der Waals surface area contributed by atoms with E-state index in [0.29, 0.717) is 11.4 Å². The number of fused-ring (bicyclic) bond motifs is 12. The fourth-order valence-corrected chi connectivity index (χ4v) is 18.9. The standard InChI is InChI=1S/C28H31N2OSi.C27H29N2OSi.C26H27N2OSi/c1-16-9-12-23-22(13-16)25(32(6,7)8)15-24(30(23)5)26-19(4)17(2)14-21-20-11-10-18(3)29-28(20)31-27(21)26;1-16-10-11-22-21(13-16)24(31(5,6)7)15-23(29(22)4)25-18(3)17(2)14-20-19-9-8-12-28-27(19)30-26(20)25;1-16-9-12-21-20(14-16)23(30(4,5)6)15-22(28(21)3)24-17(2)10-11-18-19-8-7-13-27-26(19)29-25(18)24/h9-15H,1-8H3;8-15H,1-7H3;7-15H,1-6H3/q3*+1. The van der Waals surface area contributed by atoms with Crippen LogP contribution >= 0.6 is 0 Å². The second-order valence-corrected chi connectivity index (χ2v) is 44.5. The lowest BCUT2D eigenvalue weighted by atomic mass is 9.96. The van der Waals surface area contributed by atoms with E-state index in [4.69, 9.17) is 13.3 Å². The monoisotopic (exact) mass is 1280 g/mol. The van der Waals surface area contributed by atoms with Gasteiger partial charge < -0.3 is 13.3 Å². The minimum absolute atomic E-state index is 0.698. The molecule has 9 nitrogen and oxygen atoms in total. The molecule has 0 aliphatic rings. The zero-order valence-corrected chi connectivity index (χ0v) is 61.3. The summed E-state index contributed by atoms with van der Waals surface area (Å²) in [5.41, 5.74) is 27.0. The van der Waals surface area contributed by atoms with E-state index >= 15 is 0 Å². The normalized spacial score (nSPS) is 12.4. The van der Waals surface area contributed by atoms with Crippen LogP contribution in [0.25, 0.3) is 133 Å². The van der Waals surface area contributed by atoms with Gasteiger partial charge in [-0.2, -0.15) is 13.7 Å². The van der Waals surface area contributed by atoms with Gasteiger partial charge in [0.2, 0.25) is 50.8 Å². The van der Waals surface area contributed by atoms with Gasteiger partial charge in [0.05, 0.1) is 40.9 Å². The van der Waals surface area contributed by atoms with Gasteiger partial charge >= 0.3 is 0 Å². The maximum absolute atomic E-state index is 6.45. The molecule has 12 heteroatoms. The first-order chi connectivity index (χ1) is 44.0. The highest BCUT2D eigenvalue weighted by Crippen LogP contribution is 2.42. The molecule has 0 radical (unpaired) electrons. The highest BCUT2D eigenvalue weighted by Gasteiger charge is 2.33. The Hall–Kier alpha value is -8.95. The average molecular weight is 1280 g/mol. The molecule has 15 rings (SSSR count). The lowest BCUT2D eigenvalue weighted by Gasteiger charge is -2.20. The summed E-state index contributed by atoms with van der Waals surface area (Å²) in [4.78, 5) is 13.6. The number of benzene rings is 6. The minimum Gasteiger partial charge on any atom is -0.437 e. The molecule has 9 heterocycles. The van der Waals surface area contributed by atoms with Crippen LogP contribution in [0.5, 0.6) is 0 Å². The number of furan rings is 3. The zero-order valence-electron chi connectivity index (χ0n) is 58.3. The van der Waals surface area contributed by atoms with E-state index in [1.165, 1.54) is 121 Å². The van der Waals surface area contributed by atoms with Gasteiger partial charge in [-0.1, -0.05) is 106 Å². The van der Waals surface area contributed by atoms with Crippen molar-refractivity contribution < 1.29 is 27.0 Å². The summed E-state index contributed by atoms with van der Waals surface area (Å²) in [6, 6.07) is 48.9. The number of nitrogens with zero attached hydrogens (tertiary/aromatic N) is 6. The van der Waals surface area contributed by atoms with E-state index < -0.39 is 24.2 Å². The van der Waals surface area contributed by atoms with Crippen LogP contribution in [-0.2, 0) is 21.1 Å². The SMILES string of the molecule is Cc1ccc2c(c1)c([Si](C)(C)C)cc(-c1c(C)c(C)cc3c1oc1nc(C)ccc13)[n+]2C.Cc1ccc2c(c1)c([Si](C)(C)C)cc(-c1c(C)c(C)cc3c1oc1ncccc13)[n+]2C.Cc1ccc2c(c1)c([Si](C)(C)C)cc(-c1c(C)ccc3c1oc1ncccc13)[n+]2C. The summed E-state index contributed by atoms with van der Waals surface area (Å²) >= 11 is 0. The van der Waals surface area contributed by atoms with Crippen LogP contribution in [0.15, 0.2) is 159 Å². The van der Waals surface area contributed by atoms with Gasteiger partial charge in [-0.15, -0.1) is 0 Å². The Balaban J connectivity index is 0.000000127. The molecular formula is C81H87N6O3Si3+3. The highest BCUT2D eigenvalue weighted by molar-refractivity contribution is 6.91. The second kappa shape index (κ2) is 23.0. The van der Waals surface area contributed by atoms with Gasteiger partial charge in [-0.05, 0) is 172 Å². The number of rotatable bonds is 6. The molecule has 0 unspecified atom stereocenters. The van der Waals surface area contributed by atoms with Crippen LogP contribution in [0.4, 0.5) is 0 Å². The van der Waals surface area contributed by atoms with Gasteiger partial charge in [0.25, 0.3) is 0 Å². The highest BCUT2D eigenvalue weighted by atomic mass is 28.3. The third-order valence-corrected chi connectivity index (χ3v) is 25.6. The molecule has 0 atom stereocenters. The van der Waals surface area contributed by atoms with Crippen LogP contribution in [0, 0.1) is 62.3 Å². The van der Waals surface area contributed by atoms with Crippen LogP contribution in [0.2, 0.25) is 58.9 Å². The van der Waals surface area contributed by atoms with Crippen molar-refractivity contribution in [2.75, 3.05) is 0 Å². The Labute approximate surface area is 549 Å². The number of aromatic nitrogens is 6. The molecule has 15 aromatic rings. The van der Waals surface area contributed by atoms with Gasteiger partial charge in [0, 0.05) is 103 Å². The molecule has 0 fully saturated rings. The summed E-state index contributed by atoms with van der Waals surface area (Å²) < 4.78 is 26.1. The molecule has 0 aliphatic carbocycles. The molecule has 0 saturated carbocycles. The van der Waals surface area contributed by atoms with Crippen molar-refractivity contribution in [1.82, 2.24) is 15.0 Å². The maximum atomic E-state index is 6.45. The summed E-state index contributed by atoms with van der Waals surface area (Å²) in [5, 5.41) is 15.2. The molecule has 93 heavy (non-hydrogen) atoms. The van der Waals surface area contributed by atoms with E-state index in [0.717, 1.165) is 66.0 Å². The van der Waals surface area contributed by atoms with Crippen LogP contribution in [0.1, 0.15) is 50.2 Å². The van der Waals surface area contributed by atoms with Crippen molar-refractivity contribution in [2.45, 2.75) is 121 Å². The Morgan fingerprint density at radius 2 is 0.677 bits per heavy atom. The fraction of sp³-hybridized carbons (Fsp3) is 0.259. The predicted octanol–water partition coefficient (Wildman–Crippen LogP) is 18.3. The van der Waals surface area contributed by atoms with Crippen molar-refractivity contribution in [3.05, 3.63) is 196 Å². The molecule has 0 N–H and O–H groups in total. The maximum Gasteiger partial charge on any atom is 0.227 e. The van der Waals surface area contributed by atoms with Gasteiger partial charge in [-0.25, -0.2) is 15.0 Å². The quantitative estimate of drug-likeness (QED) is 0.122. The van der Waals surface area contributed by atoms with E-state index in [-0.39, 0.29) is 0 Å². The topological polar surface area (TPSA) is 89.7 Å². The van der Waals surface area contributed by atoms with Crippen molar-refractivity contribution in [1.29, 1.82) is 0 Å². The van der Waals surface area contributed by atoms with Crippen molar-refractivity contribution in [3.8, 4) is 33.8 Å². The molecule has 468 valence electrons. The van der Waals surface area contributed by atoms with Gasteiger partial charge in [0.1, 0.15) is 21.1 Å². The lowest BCUT2D eigenvalue weighted by Crippen LogP contribution is -2.43.